The Morgan fingerprint density at radius 1 is 1.38 bits per heavy atom. The van der Waals surface area contributed by atoms with Crippen LogP contribution in [0.5, 0.6) is 0 Å². The summed E-state index contributed by atoms with van der Waals surface area (Å²) in [5, 5.41) is 9.26. The van der Waals surface area contributed by atoms with Gasteiger partial charge in [-0.15, -0.1) is 11.3 Å². The number of allylic oxidation sites excluding steroid dienone is 2. The van der Waals surface area contributed by atoms with E-state index in [4.69, 9.17) is 11.6 Å². The molecule has 0 bridgehead atoms. The molecular formula is C17H16ClNO4S. The molecule has 0 aromatic carbocycles. The van der Waals surface area contributed by atoms with E-state index >= 15 is 0 Å². The Morgan fingerprint density at radius 3 is 2.67 bits per heavy atom. The standard InChI is InChI=1S/C17H16ClNO4S/c1-8-3-6-13(24-8)17(23)19-9(2)10(7-14(21)22)15-11(19)4-5-12(20)16(15)18/h3,6,11H,4-5,7H2,1-2H3,(H,21,22). The second kappa shape index (κ2) is 6.18. The van der Waals surface area contributed by atoms with Gasteiger partial charge < -0.3 is 10.0 Å². The number of carbonyl (C=O) groups excluding carboxylic acids is 2. The number of hydrogen-bond acceptors (Lipinski definition) is 4. The quantitative estimate of drug-likeness (QED) is 0.889. The van der Waals surface area contributed by atoms with Crippen LogP contribution in [-0.4, -0.2) is 33.7 Å². The van der Waals surface area contributed by atoms with Gasteiger partial charge in [0.15, 0.2) is 5.78 Å². The topological polar surface area (TPSA) is 74.7 Å². The molecule has 1 unspecified atom stereocenters. The van der Waals surface area contributed by atoms with E-state index < -0.39 is 5.97 Å². The molecule has 1 amide bonds. The number of hydrogen-bond donors (Lipinski definition) is 1. The first-order chi connectivity index (χ1) is 11.3. The van der Waals surface area contributed by atoms with Gasteiger partial charge in [-0.25, -0.2) is 0 Å². The van der Waals surface area contributed by atoms with E-state index in [9.17, 15) is 19.5 Å². The van der Waals surface area contributed by atoms with Crippen molar-refractivity contribution in [2.75, 3.05) is 0 Å². The SMILES string of the molecule is CC1=C(CC(=O)O)C2=C(Cl)C(=O)CCC2N1C(=O)c1ccc(C)s1. The highest BCUT2D eigenvalue weighted by Crippen LogP contribution is 2.44. The number of thiophene rings is 1. The highest BCUT2D eigenvalue weighted by molar-refractivity contribution is 7.13. The van der Waals surface area contributed by atoms with Gasteiger partial charge in [-0.2, -0.15) is 0 Å². The molecule has 0 spiro atoms. The predicted octanol–water partition coefficient (Wildman–Crippen LogP) is 3.49. The molecule has 1 N–H and O–H groups in total. The van der Waals surface area contributed by atoms with Gasteiger partial charge in [-0.1, -0.05) is 11.6 Å². The third kappa shape index (κ3) is 2.70. The Morgan fingerprint density at radius 2 is 2.08 bits per heavy atom. The van der Waals surface area contributed by atoms with E-state index in [2.05, 4.69) is 0 Å². The first kappa shape index (κ1) is 16.9. The molecule has 126 valence electrons. The van der Waals surface area contributed by atoms with E-state index in [0.29, 0.717) is 28.1 Å². The number of rotatable bonds is 3. The van der Waals surface area contributed by atoms with Crippen molar-refractivity contribution < 1.29 is 19.5 Å². The maximum Gasteiger partial charge on any atom is 0.307 e. The molecule has 2 aliphatic rings. The second-order valence-electron chi connectivity index (χ2n) is 5.93. The van der Waals surface area contributed by atoms with Crippen molar-refractivity contribution in [3.63, 3.8) is 0 Å². The van der Waals surface area contributed by atoms with Gasteiger partial charge in [-0.3, -0.25) is 14.4 Å². The van der Waals surface area contributed by atoms with E-state index in [1.54, 1.807) is 17.9 Å². The van der Waals surface area contributed by atoms with Crippen LogP contribution >= 0.6 is 22.9 Å². The fraction of sp³-hybridized carbons (Fsp3) is 0.353. The van der Waals surface area contributed by atoms with Crippen molar-refractivity contribution in [2.24, 2.45) is 0 Å². The number of Topliss-reactive ketones (excluding diaryl/α,β-unsaturated/α-hetero) is 1. The van der Waals surface area contributed by atoms with Crippen molar-refractivity contribution in [3.8, 4) is 0 Å². The van der Waals surface area contributed by atoms with Gasteiger partial charge in [0.1, 0.15) is 0 Å². The summed E-state index contributed by atoms with van der Waals surface area (Å²) in [5.74, 6) is -1.38. The molecule has 1 aliphatic heterocycles. The average molecular weight is 366 g/mol. The largest absolute Gasteiger partial charge is 0.481 e. The summed E-state index contributed by atoms with van der Waals surface area (Å²) in [6.45, 7) is 3.64. The summed E-state index contributed by atoms with van der Waals surface area (Å²) < 4.78 is 0. The molecule has 7 heteroatoms. The van der Waals surface area contributed by atoms with E-state index in [0.717, 1.165) is 4.88 Å². The zero-order valence-electron chi connectivity index (χ0n) is 13.3. The van der Waals surface area contributed by atoms with Gasteiger partial charge in [0.2, 0.25) is 0 Å². The van der Waals surface area contributed by atoms with Crippen LogP contribution in [0.4, 0.5) is 0 Å². The predicted molar refractivity (Wildman–Crippen MR) is 91.1 cm³/mol. The number of ketones is 1. The van der Waals surface area contributed by atoms with E-state index in [1.807, 2.05) is 13.0 Å². The molecule has 1 aliphatic carbocycles. The Balaban J connectivity index is 2.10. The average Bonchev–Trinajstić information content (AvgIpc) is 3.05. The minimum absolute atomic E-state index is 0.0690. The summed E-state index contributed by atoms with van der Waals surface area (Å²) in [6, 6.07) is 3.28. The maximum absolute atomic E-state index is 12.9. The van der Waals surface area contributed by atoms with Gasteiger partial charge >= 0.3 is 5.97 Å². The third-order valence-corrected chi connectivity index (χ3v) is 5.80. The van der Waals surface area contributed by atoms with Crippen LogP contribution in [0.15, 0.2) is 34.0 Å². The molecule has 1 aromatic rings. The van der Waals surface area contributed by atoms with Crippen LogP contribution in [0, 0.1) is 6.92 Å². The van der Waals surface area contributed by atoms with Crippen molar-refractivity contribution >= 4 is 40.6 Å². The zero-order valence-corrected chi connectivity index (χ0v) is 14.8. The first-order valence-electron chi connectivity index (χ1n) is 7.56. The molecular weight excluding hydrogens is 350 g/mol. The van der Waals surface area contributed by atoms with Gasteiger partial charge in [0, 0.05) is 22.6 Å². The lowest BCUT2D eigenvalue weighted by Crippen LogP contribution is -2.38. The molecule has 0 radical (unpaired) electrons. The number of aryl methyl sites for hydroxylation is 1. The highest BCUT2D eigenvalue weighted by atomic mass is 35.5. The molecule has 1 aromatic heterocycles. The van der Waals surface area contributed by atoms with E-state index in [-0.39, 0.29) is 35.6 Å². The summed E-state index contributed by atoms with van der Waals surface area (Å²) in [5.41, 5.74) is 1.56. The molecule has 2 heterocycles. The van der Waals surface area contributed by atoms with Gasteiger partial charge in [-0.05, 0) is 38.0 Å². The number of amides is 1. The number of carbonyl (C=O) groups is 3. The third-order valence-electron chi connectivity index (χ3n) is 4.39. The zero-order chi connectivity index (χ0) is 17.6. The molecule has 0 saturated heterocycles. The van der Waals surface area contributed by atoms with Crippen molar-refractivity contribution in [1.29, 1.82) is 0 Å². The Bertz CT molecular complexity index is 820. The molecule has 0 fully saturated rings. The Hall–Kier alpha value is -1.92. The molecule has 5 nitrogen and oxygen atoms in total. The first-order valence-corrected chi connectivity index (χ1v) is 8.75. The lowest BCUT2D eigenvalue weighted by atomic mass is 9.89. The van der Waals surface area contributed by atoms with E-state index in [1.165, 1.54) is 11.3 Å². The van der Waals surface area contributed by atoms with Crippen LogP contribution in [0.1, 0.15) is 40.7 Å². The van der Waals surface area contributed by atoms with Crippen molar-refractivity contribution in [3.05, 3.63) is 43.8 Å². The summed E-state index contributed by atoms with van der Waals surface area (Å²) in [4.78, 5) is 39.4. The summed E-state index contributed by atoms with van der Waals surface area (Å²) >= 11 is 7.59. The molecule has 0 saturated carbocycles. The summed E-state index contributed by atoms with van der Waals surface area (Å²) in [7, 11) is 0. The number of nitrogens with zero attached hydrogens (tertiary/aromatic N) is 1. The van der Waals surface area contributed by atoms with Crippen molar-refractivity contribution in [2.45, 2.75) is 39.2 Å². The van der Waals surface area contributed by atoms with Crippen LogP contribution < -0.4 is 0 Å². The minimum atomic E-state index is -1.01. The monoisotopic (exact) mass is 365 g/mol. The van der Waals surface area contributed by atoms with Crippen molar-refractivity contribution in [1.82, 2.24) is 4.90 Å². The van der Waals surface area contributed by atoms with Crippen LogP contribution in [0.3, 0.4) is 0 Å². The number of carboxylic acids is 1. The Labute approximate surface area is 148 Å². The maximum atomic E-state index is 12.9. The van der Waals surface area contributed by atoms with Gasteiger partial charge in [0.25, 0.3) is 5.91 Å². The number of fused-ring (bicyclic) bond motifs is 1. The van der Waals surface area contributed by atoms with Crippen LogP contribution in [0.2, 0.25) is 0 Å². The molecule has 3 rings (SSSR count). The fourth-order valence-corrected chi connectivity index (χ4v) is 4.46. The van der Waals surface area contributed by atoms with Crippen LogP contribution in [0.25, 0.3) is 0 Å². The normalized spacial score (nSPS) is 20.7. The second-order valence-corrected chi connectivity index (χ2v) is 7.59. The lowest BCUT2D eigenvalue weighted by molar-refractivity contribution is -0.136. The van der Waals surface area contributed by atoms with Crippen LogP contribution in [-0.2, 0) is 9.59 Å². The summed E-state index contributed by atoms with van der Waals surface area (Å²) in [6.07, 6.45) is 0.462. The number of carboxylic acid groups (broad SMARTS) is 1. The molecule has 1 atom stereocenters. The minimum Gasteiger partial charge on any atom is -0.481 e. The number of aliphatic carboxylic acids is 1. The lowest BCUT2D eigenvalue weighted by Gasteiger charge is -2.29. The fourth-order valence-electron chi connectivity index (χ4n) is 3.32. The Kier molecular flexibility index (Phi) is 4.36. The highest BCUT2D eigenvalue weighted by Gasteiger charge is 2.43. The van der Waals surface area contributed by atoms with Gasteiger partial charge in [0.05, 0.1) is 22.4 Å². The number of halogens is 1. The smallest absolute Gasteiger partial charge is 0.307 e. The molecule has 24 heavy (non-hydrogen) atoms.